The second-order valence-corrected chi connectivity index (χ2v) is 9.84. The maximum absolute atomic E-state index is 13.0. The molecule has 3 heterocycles. The number of aryl methyl sites for hydroxylation is 2. The van der Waals surface area contributed by atoms with Crippen LogP contribution >= 0.6 is 11.6 Å². The molecule has 206 valence electrons. The lowest BCUT2D eigenvalue weighted by atomic mass is 10.1. The molecule has 0 radical (unpaired) electrons. The van der Waals surface area contributed by atoms with Gasteiger partial charge >= 0.3 is 11.9 Å². The van der Waals surface area contributed by atoms with Gasteiger partial charge in [0.25, 0.3) is 0 Å². The summed E-state index contributed by atoms with van der Waals surface area (Å²) in [4.78, 5) is 49.9. The molecule has 2 aromatic carbocycles. The highest BCUT2D eigenvalue weighted by Crippen LogP contribution is 2.34. The van der Waals surface area contributed by atoms with Crippen molar-refractivity contribution in [2.75, 3.05) is 11.9 Å². The molecule has 0 unspecified atom stereocenters. The lowest BCUT2D eigenvalue weighted by Crippen LogP contribution is -2.32. The van der Waals surface area contributed by atoms with Gasteiger partial charge in [0.15, 0.2) is 10.8 Å². The Bertz CT molecular complexity index is 1570. The summed E-state index contributed by atoms with van der Waals surface area (Å²) in [5.41, 5.74) is 3.42. The highest BCUT2D eigenvalue weighted by Gasteiger charge is 2.41. The average molecular weight is 564 g/mol. The molecule has 0 saturated carbocycles. The van der Waals surface area contributed by atoms with Crippen LogP contribution in [0, 0.1) is 13.8 Å². The van der Waals surface area contributed by atoms with Crippen molar-refractivity contribution in [3.8, 4) is 0 Å². The van der Waals surface area contributed by atoms with Gasteiger partial charge in [-0.05, 0) is 38.1 Å². The third kappa shape index (κ3) is 5.95. The highest BCUT2D eigenvalue weighted by molar-refractivity contribution is 6.33. The number of halogens is 1. The van der Waals surface area contributed by atoms with Crippen molar-refractivity contribution in [2.24, 2.45) is 0 Å². The van der Waals surface area contributed by atoms with Crippen LogP contribution in [0.2, 0.25) is 5.15 Å². The van der Waals surface area contributed by atoms with Gasteiger partial charge in [-0.3, -0.25) is 14.7 Å². The Kier molecular flexibility index (Phi) is 7.76. The Labute approximate surface area is 234 Å². The Morgan fingerprint density at radius 3 is 2.25 bits per heavy atom. The number of rotatable bonds is 7. The van der Waals surface area contributed by atoms with E-state index in [-0.39, 0.29) is 30.0 Å². The Morgan fingerprint density at radius 2 is 1.62 bits per heavy atom. The van der Waals surface area contributed by atoms with Gasteiger partial charge in [0.05, 0.1) is 17.5 Å². The lowest BCUT2D eigenvalue weighted by molar-refractivity contribution is -0.114. The number of ether oxygens (including phenoxy) is 3. The molecule has 0 aliphatic carbocycles. The predicted octanol–water partition coefficient (Wildman–Crippen LogP) is 4.43. The van der Waals surface area contributed by atoms with E-state index in [1.807, 2.05) is 38.1 Å². The quantitative estimate of drug-likeness (QED) is 0.256. The number of carbonyl (C=O) groups excluding carboxylic acids is 3. The van der Waals surface area contributed by atoms with Crippen molar-refractivity contribution in [3.63, 3.8) is 0 Å². The molecule has 1 aliphatic heterocycles. The summed E-state index contributed by atoms with van der Waals surface area (Å²) in [6.07, 6.45) is -0.535. The standard InChI is InChI=1S/C28H26ClN5O6/c1-15-4-8-18(9-5-15)26(36)38-13-21-20(40-27(37)19-10-6-16(2)7-11-19)12-22(39-21)34-14-30-23-24(29)32-28(31-17(3)35)33-25(23)34/h4-11,14,20-22H,12-13H2,1-3H3,(H,31,32,33,35)/t20-,21+,22+/m0/s1. The van der Waals surface area contributed by atoms with Crippen LogP contribution in [0.4, 0.5) is 5.95 Å². The summed E-state index contributed by atoms with van der Waals surface area (Å²) < 4.78 is 19.2. The number of amides is 1. The van der Waals surface area contributed by atoms with Crippen LogP contribution in [0.1, 0.15) is 51.4 Å². The van der Waals surface area contributed by atoms with Crippen LogP contribution in [0.25, 0.3) is 11.2 Å². The number of hydrogen-bond acceptors (Lipinski definition) is 9. The number of aromatic nitrogens is 4. The molecule has 5 rings (SSSR count). The minimum Gasteiger partial charge on any atom is -0.459 e. The summed E-state index contributed by atoms with van der Waals surface area (Å²) in [5, 5.41) is 2.56. The van der Waals surface area contributed by atoms with Gasteiger partial charge in [-0.25, -0.2) is 14.6 Å². The number of nitrogens with zero attached hydrogens (tertiary/aromatic N) is 4. The molecule has 1 amide bonds. The van der Waals surface area contributed by atoms with Gasteiger partial charge in [-0.2, -0.15) is 9.97 Å². The van der Waals surface area contributed by atoms with E-state index < -0.39 is 30.4 Å². The van der Waals surface area contributed by atoms with E-state index in [4.69, 9.17) is 25.8 Å². The lowest BCUT2D eigenvalue weighted by Gasteiger charge is -2.19. The fourth-order valence-electron chi connectivity index (χ4n) is 4.28. The van der Waals surface area contributed by atoms with E-state index in [0.717, 1.165) is 11.1 Å². The van der Waals surface area contributed by atoms with Gasteiger partial charge < -0.3 is 14.2 Å². The molecule has 0 bridgehead atoms. The van der Waals surface area contributed by atoms with Crippen molar-refractivity contribution in [2.45, 2.75) is 45.6 Å². The van der Waals surface area contributed by atoms with E-state index in [1.54, 1.807) is 28.8 Å². The molecule has 4 aromatic rings. The van der Waals surface area contributed by atoms with E-state index in [0.29, 0.717) is 22.3 Å². The second-order valence-electron chi connectivity index (χ2n) is 9.48. The van der Waals surface area contributed by atoms with Crippen molar-refractivity contribution >= 4 is 46.6 Å². The molecular formula is C28H26ClN5O6. The summed E-state index contributed by atoms with van der Waals surface area (Å²) in [6.45, 7) is 5.01. The first-order valence-electron chi connectivity index (χ1n) is 12.5. The number of imidazole rings is 1. The number of carbonyl (C=O) groups is 3. The SMILES string of the molecule is CC(=O)Nc1nc(Cl)c2ncn([C@H]3C[C@H](OC(=O)c4ccc(C)cc4)[C@@H](COC(=O)c4ccc(C)cc4)O3)c2n1. The molecule has 2 aromatic heterocycles. The molecule has 1 fully saturated rings. The first-order chi connectivity index (χ1) is 19.2. The number of benzene rings is 2. The van der Waals surface area contributed by atoms with Crippen molar-refractivity contribution < 1.29 is 28.6 Å². The number of esters is 2. The zero-order valence-corrected chi connectivity index (χ0v) is 22.7. The third-order valence-corrected chi connectivity index (χ3v) is 6.63. The first-order valence-corrected chi connectivity index (χ1v) is 12.9. The van der Waals surface area contributed by atoms with E-state index in [1.165, 1.54) is 13.3 Å². The maximum Gasteiger partial charge on any atom is 0.338 e. The zero-order valence-electron chi connectivity index (χ0n) is 22.0. The summed E-state index contributed by atoms with van der Waals surface area (Å²) in [7, 11) is 0. The normalized spacial score (nSPS) is 18.4. The van der Waals surface area contributed by atoms with Gasteiger partial charge in [0, 0.05) is 13.3 Å². The fraction of sp³-hybridized carbons (Fsp3) is 0.286. The van der Waals surface area contributed by atoms with E-state index in [9.17, 15) is 14.4 Å². The maximum atomic E-state index is 13.0. The van der Waals surface area contributed by atoms with E-state index >= 15 is 0 Å². The average Bonchev–Trinajstić information content (AvgIpc) is 3.52. The van der Waals surface area contributed by atoms with Gasteiger partial charge in [0.2, 0.25) is 11.9 Å². The molecule has 12 heteroatoms. The topological polar surface area (TPSA) is 135 Å². The van der Waals surface area contributed by atoms with Crippen LogP contribution in [0.5, 0.6) is 0 Å². The van der Waals surface area contributed by atoms with E-state index in [2.05, 4.69) is 20.3 Å². The Balaban J connectivity index is 1.39. The fourth-order valence-corrected chi connectivity index (χ4v) is 4.49. The van der Waals surface area contributed by atoms with Crippen LogP contribution < -0.4 is 5.32 Å². The Hall–Kier alpha value is -4.35. The molecule has 11 nitrogen and oxygen atoms in total. The molecular weight excluding hydrogens is 538 g/mol. The van der Waals surface area contributed by atoms with Crippen LogP contribution in [0.3, 0.4) is 0 Å². The van der Waals surface area contributed by atoms with Gasteiger partial charge in [-0.15, -0.1) is 0 Å². The Morgan fingerprint density at radius 1 is 1.00 bits per heavy atom. The van der Waals surface area contributed by atoms with Crippen LogP contribution in [-0.2, 0) is 19.0 Å². The first kappa shape index (κ1) is 27.2. The van der Waals surface area contributed by atoms with Crippen LogP contribution in [0.15, 0.2) is 54.9 Å². The minimum absolute atomic E-state index is 0.00988. The monoisotopic (exact) mass is 563 g/mol. The summed E-state index contributed by atoms with van der Waals surface area (Å²) >= 11 is 6.28. The van der Waals surface area contributed by atoms with Crippen molar-refractivity contribution in [1.82, 2.24) is 19.5 Å². The largest absolute Gasteiger partial charge is 0.459 e. The minimum atomic E-state index is -0.779. The molecule has 1 aliphatic rings. The smallest absolute Gasteiger partial charge is 0.338 e. The number of fused-ring (bicyclic) bond motifs is 1. The number of anilines is 1. The van der Waals surface area contributed by atoms with Crippen molar-refractivity contribution in [3.05, 3.63) is 82.3 Å². The third-order valence-electron chi connectivity index (χ3n) is 6.37. The molecule has 1 saturated heterocycles. The van der Waals surface area contributed by atoms with Crippen LogP contribution in [-0.4, -0.2) is 56.2 Å². The molecule has 40 heavy (non-hydrogen) atoms. The van der Waals surface area contributed by atoms with Crippen molar-refractivity contribution in [1.29, 1.82) is 0 Å². The van der Waals surface area contributed by atoms with Gasteiger partial charge in [-0.1, -0.05) is 47.0 Å². The number of nitrogens with one attached hydrogen (secondary N) is 1. The molecule has 3 atom stereocenters. The van der Waals surface area contributed by atoms with Gasteiger partial charge in [0.1, 0.15) is 30.6 Å². The summed E-state index contributed by atoms with van der Waals surface area (Å²) in [5.74, 6) is -1.41. The highest BCUT2D eigenvalue weighted by atomic mass is 35.5. The zero-order chi connectivity index (χ0) is 28.4. The predicted molar refractivity (Wildman–Crippen MR) is 145 cm³/mol. The summed E-state index contributed by atoms with van der Waals surface area (Å²) in [6, 6.07) is 14.0. The molecule has 0 spiro atoms. The molecule has 1 N–H and O–H groups in total. The number of hydrogen-bond donors (Lipinski definition) is 1. The second kappa shape index (κ2) is 11.4.